The molecule has 0 radical (unpaired) electrons. The molecule has 1 aromatic carbocycles. The fourth-order valence-electron chi connectivity index (χ4n) is 1.88. The van der Waals surface area contributed by atoms with Crippen molar-refractivity contribution in [1.82, 2.24) is 10.3 Å². The molecule has 0 bridgehead atoms. The van der Waals surface area contributed by atoms with E-state index in [1.165, 1.54) is 19.2 Å². The van der Waals surface area contributed by atoms with Crippen LogP contribution in [0.5, 0.6) is 0 Å². The predicted octanol–water partition coefficient (Wildman–Crippen LogP) is 2.27. The maximum Gasteiger partial charge on any atom is 0.354 e. The van der Waals surface area contributed by atoms with E-state index in [0.29, 0.717) is 12.2 Å². The van der Waals surface area contributed by atoms with Crippen molar-refractivity contribution >= 4 is 5.97 Å². The van der Waals surface area contributed by atoms with Crippen LogP contribution in [0.3, 0.4) is 0 Å². The lowest BCUT2D eigenvalue weighted by atomic mass is 10.1. The molecule has 0 fully saturated rings. The second kappa shape index (κ2) is 6.86. The van der Waals surface area contributed by atoms with Gasteiger partial charge in [-0.25, -0.2) is 9.18 Å². The third-order valence-corrected chi connectivity index (χ3v) is 2.97. The smallest absolute Gasteiger partial charge is 0.354 e. The number of nitrogens with one attached hydrogen (secondary N) is 2. The second-order valence-corrected chi connectivity index (χ2v) is 4.44. The lowest BCUT2D eigenvalue weighted by molar-refractivity contribution is 0.0594. The van der Waals surface area contributed by atoms with Crippen LogP contribution in [0.25, 0.3) is 0 Å². The largest absolute Gasteiger partial charge is 0.464 e. The van der Waals surface area contributed by atoms with Crippen molar-refractivity contribution in [2.75, 3.05) is 13.7 Å². The summed E-state index contributed by atoms with van der Waals surface area (Å²) in [7, 11) is 1.35. The quantitative estimate of drug-likeness (QED) is 0.628. The Kier molecular flexibility index (Phi) is 4.90. The maximum atomic E-state index is 12.7. The number of H-pyrrole nitrogens is 1. The summed E-state index contributed by atoms with van der Waals surface area (Å²) >= 11 is 0. The second-order valence-electron chi connectivity index (χ2n) is 4.44. The first-order valence-corrected chi connectivity index (χ1v) is 6.40. The molecule has 0 aliphatic carbocycles. The number of carbonyl (C=O) groups is 1. The summed E-state index contributed by atoms with van der Waals surface area (Å²) in [6.07, 6.45) is 0.824. The Hall–Kier alpha value is -2.14. The number of rotatable bonds is 6. The number of methoxy groups -OCH3 is 1. The summed E-state index contributed by atoms with van der Waals surface area (Å²) in [6, 6.07) is 10.0. The number of ether oxygens (including phenoxy) is 1. The van der Waals surface area contributed by atoms with E-state index in [4.69, 9.17) is 0 Å². The molecular weight excluding hydrogens is 259 g/mol. The molecule has 2 rings (SSSR count). The molecule has 5 heteroatoms. The number of hydrogen-bond acceptors (Lipinski definition) is 3. The number of esters is 1. The van der Waals surface area contributed by atoms with Gasteiger partial charge in [0.05, 0.1) is 7.11 Å². The lowest BCUT2D eigenvalue weighted by Gasteiger charge is -2.04. The fourth-order valence-corrected chi connectivity index (χ4v) is 1.88. The lowest BCUT2D eigenvalue weighted by Crippen LogP contribution is -2.17. The molecule has 106 valence electrons. The molecule has 0 saturated carbocycles. The van der Waals surface area contributed by atoms with Gasteiger partial charge in [-0.15, -0.1) is 0 Å². The van der Waals surface area contributed by atoms with Crippen LogP contribution in [-0.4, -0.2) is 24.6 Å². The topological polar surface area (TPSA) is 54.1 Å². The van der Waals surface area contributed by atoms with Gasteiger partial charge in [0, 0.05) is 12.2 Å². The number of hydrogen-bond donors (Lipinski definition) is 2. The minimum absolute atomic E-state index is 0.219. The zero-order valence-corrected chi connectivity index (χ0v) is 11.3. The molecule has 2 aromatic rings. The number of benzene rings is 1. The van der Waals surface area contributed by atoms with Crippen LogP contribution < -0.4 is 5.32 Å². The third-order valence-electron chi connectivity index (χ3n) is 2.97. The third kappa shape index (κ3) is 3.93. The number of halogens is 1. The van der Waals surface area contributed by atoms with E-state index in [9.17, 15) is 9.18 Å². The molecular formula is C15H17FN2O2. The normalized spacial score (nSPS) is 10.5. The van der Waals surface area contributed by atoms with Crippen molar-refractivity contribution in [1.29, 1.82) is 0 Å². The molecule has 1 aromatic heterocycles. The van der Waals surface area contributed by atoms with Crippen LogP contribution in [0.4, 0.5) is 4.39 Å². The zero-order chi connectivity index (χ0) is 14.4. The number of carbonyl (C=O) groups excluding carboxylic acids is 1. The highest BCUT2D eigenvalue weighted by Crippen LogP contribution is 2.04. The molecule has 0 atom stereocenters. The van der Waals surface area contributed by atoms with Gasteiger partial charge in [-0.1, -0.05) is 12.1 Å². The minimum Gasteiger partial charge on any atom is -0.464 e. The molecule has 1 heterocycles. The Morgan fingerprint density at radius 1 is 1.25 bits per heavy atom. The molecule has 0 saturated heterocycles. The first-order valence-electron chi connectivity index (χ1n) is 6.40. The van der Waals surface area contributed by atoms with Crippen LogP contribution in [0.15, 0.2) is 36.4 Å². The molecule has 0 amide bonds. The Balaban J connectivity index is 1.74. The summed E-state index contributed by atoms with van der Waals surface area (Å²) in [5.41, 5.74) is 2.45. The highest BCUT2D eigenvalue weighted by Gasteiger charge is 2.07. The Bertz CT molecular complexity index is 564. The van der Waals surface area contributed by atoms with Crippen LogP contribution in [0, 0.1) is 5.82 Å². The van der Waals surface area contributed by atoms with Crippen LogP contribution in [0.2, 0.25) is 0 Å². The van der Waals surface area contributed by atoms with Gasteiger partial charge in [-0.3, -0.25) is 0 Å². The van der Waals surface area contributed by atoms with Gasteiger partial charge >= 0.3 is 5.97 Å². The average Bonchev–Trinajstić information content (AvgIpc) is 2.93. The van der Waals surface area contributed by atoms with E-state index in [-0.39, 0.29) is 11.8 Å². The Labute approximate surface area is 117 Å². The van der Waals surface area contributed by atoms with Gasteiger partial charge in [0.2, 0.25) is 0 Å². The fraction of sp³-hybridized carbons (Fsp3) is 0.267. The van der Waals surface area contributed by atoms with Crippen LogP contribution in [-0.2, 0) is 17.7 Å². The Morgan fingerprint density at radius 3 is 2.70 bits per heavy atom. The maximum absolute atomic E-state index is 12.7. The number of aromatic nitrogens is 1. The van der Waals surface area contributed by atoms with Crippen molar-refractivity contribution in [3.05, 3.63) is 59.2 Å². The zero-order valence-electron chi connectivity index (χ0n) is 11.3. The summed E-state index contributed by atoms with van der Waals surface area (Å²) < 4.78 is 17.4. The van der Waals surface area contributed by atoms with Gasteiger partial charge in [-0.2, -0.15) is 0 Å². The highest BCUT2D eigenvalue weighted by atomic mass is 19.1. The average molecular weight is 276 g/mol. The van der Waals surface area contributed by atoms with Crippen LogP contribution >= 0.6 is 0 Å². The SMILES string of the molecule is COC(=O)c1ccc(CNCCc2ccc(F)cc2)[nH]1. The van der Waals surface area contributed by atoms with Crippen molar-refractivity contribution in [3.63, 3.8) is 0 Å². The van der Waals surface area contributed by atoms with Gasteiger partial charge in [-0.05, 0) is 42.8 Å². The van der Waals surface area contributed by atoms with Gasteiger partial charge in [0.15, 0.2) is 0 Å². The van der Waals surface area contributed by atoms with Gasteiger partial charge in [0.25, 0.3) is 0 Å². The highest BCUT2D eigenvalue weighted by molar-refractivity contribution is 5.87. The van der Waals surface area contributed by atoms with E-state index >= 15 is 0 Å². The van der Waals surface area contributed by atoms with E-state index in [2.05, 4.69) is 15.0 Å². The summed E-state index contributed by atoms with van der Waals surface area (Å²) in [5, 5.41) is 3.26. The van der Waals surface area contributed by atoms with Gasteiger partial charge < -0.3 is 15.0 Å². The van der Waals surface area contributed by atoms with Crippen molar-refractivity contribution in [2.45, 2.75) is 13.0 Å². The summed E-state index contributed by atoms with van der Waals surface area (Å²) in [4.78, 5) is 14.2. The monoisotopic (exact) mass is 276 g/mol. The van der Waals surface area contributed by atoms with E-state index in [1.54, 1.807) is 18.2 Å². The molecule has 0 aliphatic rings. The van der Waals surface area contributed by atoms with Crippen molar-refractivity contribution in [2.24, 2.45) is 0 Å². The molecule has 0 aliphatic heterocycles. The first kappa shape index (κ1) is 14.3. The predicted molar refractivity (Wildman–Crippen MR) is 73.9 cm³/mol. The molecule has 0 unspecified atom stereocenters. The van der Waals surface area contributed by atoms with Gasteiger partial charge in [0.1, 0.15) is 11.5 Å². The van der Waals surface area contributed by atoms with Crippen molar-refractivity contribution in [3.8, 4) is 0 Å². The molecule has 2 N–H and O–H groups in total. The van der Waals surface area contributed by atoms with E-state index < -0.39 is 0 Å². The van der Waals surface area contributed by atoms with E-state index in [1.807, 2.05) is 6.07 Å². The summed E-state index contributed by atoms with van der Waals surface area (Å²) in [5.74, 6) is -0.592. The van der Waals surface area contributed by atoms with Crippen LogP contribution in [0.1, 0.15) is 21.7 Å². The van der Waals surface area contributed by atoms with Crippen molar-refractivity contribution < 1.29 is 13.9 Å². The van der Waals surface area contributed by atoms with E-state index in [0.717, 1.165) is 24.2 Å². The molecule has 4 nitrogen and oxygen atoms in total. The first-order chi connectivity index (χ1) is 9.69. The number of aromatic amines is 1. The minimum atomic E-state index is -0.373. The molecule has 20 heavy (non-hydrogen) atoms. The Morgan fingerprint density at radius 2 is 2.00 bits per heavy atom. The summed E-state index contributed by atoms with van der Waals surface area (Å²) in [6.45, 7) is 1.41. The molecule has 0 spiro atoms. The standard InChI is InChI=1S/C15H17FN2O2/c1-20-15(19)14-7-6-13(18-14)10-17-9-8-11-2-4-12(16)5-3-11/h2-7,17-18H,8-10H2,1H3.